The Kier molecular flexibility index (Phi) is 9.08. The van der Waals surface area contributed by atoms with Crippen LogP contribution in [0.5, 0.6) is 0 Å². The first kappa shape index (κ1) is 15.7. The van der Waals surface area contributed by atoms with Crippen molar-refractivity contribution in [2.75, 3.05) is 0 Å². The quantitative estimate of drug-likeness (QED) is 0.516. The maximum absolute atomic E-state index is 6.69. The summed E-state index contributed by atoms with van der Waals surface area (Å²) in [5.74, 6) is 4.55. The maximum Gasteiger partial charge on any atom is 0 e. The van der Waals surface area contributed by atoms with E-state index in [9.17, 15) is 0 Å². The standard InChI is InChI=1S/2C8H5.Y/c2*1-2-8-6-4-3-5-7-8;/h2*3-7H;/q2*-1;. The third-order valence-corrected chi connectivity index (χ3v) is 1.84. The molecular formula is C16H10Y-2. The van der Waals surface area contributed by atoms with Gasteiger partial charge in [-0.25, -0.2) is 0 Å². The van der Waals surface area contributed by atoms with Gasteiger partial charge in [0.15, 0.2) is 0 Å². The van der Waals surface area contributed by atoms with Crippen molar-refractivity contribution in [3.63, 3.8) is 0 Å². The van der Waals surface area contributed by atoms with Crippen LogP contribution in [-0.2, 0) is 32.7 Å². The number of hydrogen-bond donors (Lipinski definition) is 0. The average Bonchev–Trinajstić information content (AvgIpc) is 2.41. The SMILES string of the molecule is [C-]#Cc1ccccc1.[C-]#Cc1ccccc1.[Y]. The topological polar surface area (TPSA) is 0 Å². The molecule has 2 aromatic rings. The minimum Gasteiger partial charge on any atom is -0.366 e. The van der Waals surface area contributed by atoms with Gasteiger partial charge in [0.25, 0.3) is 0 Å². The summed E-state index contributed by atoms with van der Waals surface area (Å²) in [6, 6.07) is 18.7. The van der Waals surface area contributed by atoms with Crippen molar-refractivity contribution in [2.45, 2.75) is 0 Å². The van der Waals surface area contributed by atoms with E-state index in [0.29, 0.717) is 0 Å². The molecule has 0 unspecified atom stereocenters. The smallest absolute Gasteiger partial charge is 0 e. The molecule has 1 radical (unpaired) electrons. The van der Waals surface area contributed by atoms with Crippen molar-refractivity contribution in [2.24, 2.45) is 0 Å². The molecule has 0 atom stereocenters. The molecule has 79 valence electrons. The summed E-state index contributed by atoms with van der Waals surface area (Å²) in [6.07, 6.45) is 13.4. The Bertz CT molecular complexity index is 437. The Hall–Kier alpha value is -1.34. The Morgan fingerprint density at radius 2 is 0.882 bits per heavy atom. The first-order valence-electron chi connectivity index (χ1n) is 4.82. The minimum atomic E-state index is 0. The van der Waals surface area contributed by atoms with Crippen LogP contribution in [0, 0.1) is 24.7 Å². The van der Waals surface area contributed by atoms with Crippen LogP contribution in [0.3, 0.4) is 0 Å². The molecule has 0 spiro atoms. The molecule has 0 aliphatic heterocycles. The summed E-state index contributed by atoms with van der Waals surface area (Å²) >= 11 is 0. The first-order valence-corrected chi connectivity index (χ1v) is 4.82. The van der Waals surface area contributed by atoms with Crippen molar-refractivity contribution < 1.29 is 32.7 Å². The molecule has 17 heavy (non-hydrogen) atoms. The summed E-state index contributed by atoms with van der Waals surface area (Å²) in [4.78, 5) is 0. The molecule has 0 fully saturated rings. The fourth-order valence-electron chi connectivity index (χ4n) is 1.04. The third kappa shape index (κ3) is 6.75. The van der Waals surface area contributed by atoms with Crippen LogP contribution < -0.4 is 0 Å². The zero-order chi connectivity index (χ0) is 11.6. The molecule has 0 amide bonds. The second kappa shape index (κ2) is 9.86. The zero-order valence-corrected chi connectivity index (χ0v) is 12.2. The number of rotatable bonds is 0. The molecule has 2 aromatic carbocycles. The first-order chi connectivity index (χ1) is 7.86. The Balaban J connectivity index is 0.000000284. The number of hydrogen-bond acceptors (Lipinski definition) is 0. The number of benzene rings is 2. The van der Waals surface area contributed by atoms with Crippen molar-refractivity contribution in [3.05, 3.63) is 84.6 Å². The van der Waals surface area contributed by atoms with E-state index in [0.717, 1.165) is 11.1 Å². The van der Waals surface area contributed by atoms with Crippen LogP contribution in [0.2, 0.25) is 0 Å². The molecule has 0 heterocycles. The molecule has 0 saturated heterocycles. The van der Waals surface area contributed by atoms with Gasteiger partial charge in [-0.15, -0.1) is 35.4 Å². The van der Waals surface area contributed by atoms with E-state index in [4.69, 9.17) is 12.8 Å². The summed E-state index contributed by atoms with van der Waals surface area (Å²) < 4.78 is 0. The molecule has 0 bridgehead atoms. The predicted octanol–water partition coefficient (Wildman–Crippen LogP) is 3.25. The molecule has 0 nitrogen and oxygen atoms in total. The molecule has 0 saturated carbocycles. The van der Waals surface area contributed by atoms with Gasteiger partial charge in [-0.05, 0) is 0 Å². The van der Waals surface area contributed by atoms with Crippen LogP contribution in [0.1, 0.15) is 11.1 Å². The Morgan fingerprint density at radius 3 is 1.06 bits per heavy atom. The van der Waals surface area contributed by atoms with E-state index < -0.39 is 0 Å². The van der Waals surface area contributed by atoms with E-state index in [-0.39, 0.29) is 32.7 Å². The fourth-order valence-corrected chi connectivity index (χ4v) is 1.04. The van der Waals surface area contributed by atoms with Gasteiger partial charge >= 0.3 is 0 Å². The second-order valence-electron chi connectivity index (χ2n) is 2.98. The van der Waals surface area contributed by atoms with E-state index in [2.05, 4.69) is 11.8 Å². The van der Waals surface area contributed by atoms with Crippen LogP contribution in [0.15, 0.2) is 60.7 Å². The summed E-state index contributed by atoms with van der Waals surface area (Å²) in [5, 5.41) is 0. The summed E-state index contributed by atoms with van der Waals surface area (Å²) in [7, 11) is 0. The van der Waals surface area contributed by atoms with Crippen molar-refractivity contribution >= 4 is 0 Å². The Labute approximate surface area is 128 Å². The van der Waals surface area contributed by atoms with Crippen molar-refractivity contribution in [1.82, 2.24) is 0 Å². The van der Waals surface area contributed by atoms with Gasteiger partial charge in [0.05, 0.1) is 0 Å². The van der Waals surface area contributed by atoms with Crippen LogP contribution >= 0.6 is 0 Å². The minimum absolute atomic E-state index is 0. The van der Waals surface area contributed by atoms with Crippen LogP contribution in [0.4, 0.5) is 0 Å². The molecule has 0 aliphatic rings. The van der Waals surface area contributed by atoms with Gasteiger partial charge < -0.3 is 12.8 Å². The van der Waals surface area contributed by atoms with E-state index in [1.165, 1.54) is 0 Å². The van der Waals surface area contributed by atoms with E-state index >= 15 is 0 Å². The van der Waals surface area contributed by atoms with Gasteiger partial charge in [-0.1, -0.05) is 36.4 Å². The van der Waals surface area contributed by atoms with Gasteiger partial charge in [-0.3, -0.25) is 11.8 Å². The Morgan fingerprint density at radius 1 is 0.588 bits per heavy atom. The summed E-state index contributed by atoms with van der Waals surface area (Å²) in [6.45, 7) is 0. The molecule has 0 N–H and O–H groups in total. The van der Waals surface area contributed by atoms with Crippen molar-refractivity contribution in [1.29, 1.82) is 0 Å². The monoisotopic (exact) mass is 291 g/mol. The average molecular weight is 291 g/mol. The van der Waals surface area contributed by atoms with Gasteiger partial charge in [0, 0.05) is 32.7 Å². The molecular weight excluding hydrogens is 281 g/mol. The normalized spacial score (nSPS) is 7.41. The zero-order valence-electron chi connectivity index (χ0n) is 9.35. The molecule has 1 heteroatoms. The third-order valence-electron chi connectivity index (χ3n) is 1.84. The second-order valence-corrected chi connectivity index (χ2v) is 2.98. The van der Waals surface area contributed by atoms with Crippen LogP contribution in [0.25, 0.3) is 0 Å². The van der Waals surface area contributed by atoms with Crippen molar-refractivity contribution in [3.8, 4) is 11.8 Å². The van der Waals surface area contributed by atoms with E-state index in [1.54, 1.807) is 0 Å². The molecule has 0 aromatic heterocycles. The fraction of sp³-hybridized carbons (Fsp3) is 0. The van der Waals surface area contributed by atoms with Gasteiger partial charge in [0.2, 0.25) is 0 Å². The molecule has 2 rings (SSSR count). The van der Waals surface area contributed by atoms with Gasteiger partial charge in [0.1, 0.15) is 0 Å². The van der Waals surface area contributed by atoms with Crippen LogP contribution in [-0.4, -0.2) is 0 Å². The van der Waals surface area contributed by atoms with Gasteiger partial charge in [-0.2, -0.15) is 0 Å². The van der Waals surface area contributed by atoms with E-state index in [1.807, 2.05) is 60.7 Å². The maximum atomic E-state index is 6.69. The summed E-state index contributed by atoms with van der Waals surface area (Å²) in [5.41, 5.74) is 1.65. The predicted molar refractivity (Wildman–Crippen MR) is 65.4 cm³/mol. The largest absolute Gasteiger partial charge is 0.366 e. The molecule has 0 aliphatic carbocycles.